The molecule has 228 valence electrons. The summed E-state index contributed by atoms with van der Waals surface area (Å²) >= 11 is 0. The monoisotopic (exact) mass is 594 g/mol. The summed E-state index contributed by atoms with van der Waals surface area (Å²) in [6.45, 7) is 12.7. The number of rotatable bonds is 10. The van der Waals surface area contributed by atoms with Crippen LogP contribution in [-0.2, 0) is 20.7 Å². The van der Waals surface area contributed by atoms with Crippen LogP contribution in [0.15, 0.2) is 30.8 Å². The van der Waals surface area contributed by atoms with Crippen LogP contribution in [0.3, 0.4) is 0 Å². The maximum atomic E-state index is 11.6. The number of fused-ring (bicyclic) bond motifs is 8. The van der Waals surface area contributed by atoms with Crippen LogP contribution in [-0.4, -0.2) is 55.8 Å². The third-order valence-corrected chi connectivity index (χ3v) is 8.65. The van der Waals surface area contributed by atoms with Crippen LogP contribution in [0, 0.1) is 13.8 Å². The van der Waals surface area contributed by atoms with Gasteiger partial charge in [-0.3, -0.25) is 9.59 Å². The van der Waals surface area contributed by atoms with Crippen molar-refractivity contribution in [2.45, 2.75) is 59.8 Å². The number of hydrogen-bond acceptors (Lipinski definition) is 5. The first kappa shape index (κ1) is 30.7. The van der Waals surface area contributed by atoms with Gasteiger partial charge < -0.3 is 24.9 Å². The number of aromatic amines is 2. The zero-order valence-electron chi connectivity index (χ0n) is 25.9. The van der Waals surface area contributed by atoms with E-state index >= 15 is 0 Å². The highest BCUT2D eigenvalue weighted by Gasteiger charge is 2.22. The molecule has 8 bridgehead atoms. The Morgan fingerprint density at radius 1 is 0.750 bits per heavy atom. The Morgan fingerprint density at radius 2 is 1.30 bits per heavy atom. The first-order valence-corrected chi connectivity index (χ1v) is 14.7. The molecule has 0 radical (unpaired) electrons. The number of allylic oxidation sites excluding steroid dienone is 3. The van der Waals surface area contributed by atoms with Gasteiger partial charge in [0.25, 0.3) is 0 Å². The highest BCUT2D eigenvalue weighted by molar-refractivity contribution is 5.96. The fraction of sp³-hybridized carbons (Fsp3) is 0.314. The van der Waals surface area contributed by atoms with Crippen molar-refractivity contribution in [3.63, 3.8) is 0 Å². The molecule has 3 aromatic rings. The van der Waals surface area contributed by atoms with Gasteiger partial charge >= 0.3 is 11.9 Å². The van der Waals surface area contributed by atoms with E-state index in [0.717, 1.165) is 83.7 Å². The zero-order chi connectivity index (χ0) is 31.7. The molecule has 2 aliphatic rings. The number of nitrogens with zero attached hydrogens (tertiary/aromatic N) is 2. The minimum atomic E-state index is -0.884. The summed E-state index contributed by atoms with van der Waals surface area (Å²) in [7, 11) is 1.68. The van der Waals surface area contributed by atoms with Crippen molar-refractivity contribution in [1.82, 2.24) is 19.9 Å². The second-order valence-electron chi connectivity index (χ2n) is 11.3. The Labute approximate surface area is 256 Å². The van der Waals surface area contributed by atoms with Gasteiger partial charge in [0.1, 0.15) is 0 Å². The quantitative estimate of drug-likeness (QED) is 0.192. The Balaban J connectivity index is 1.92. The molecule has 44 heavy (non-hydrogen) atoms. The van der Waals surface area contributed by atoms with Crippen molar-refractivity contribution in [3.05, 3.63) is 75.9 Å². The number of carboxylic acids is 2. The average Bonchev–Trinajstić information content (AvgIpc) is 3.63. The molecule has 9 heteroatoms. The molecule has 0 saturated heterocycles. The Kier molecular flexibility index (Phi) is 8.69. The summed E-state index contributed by atoms with van der Waals surface area (Å²) in [6.07, 6.45) is 3.11. The lowest BCUT2D eigenvalue weighted by Crippen LogP contribution is -1.98. The molecule has 0 spiro atoms. The number of H-pyrrole nitrogens is 2. The van der Waals surface area contributed by atoms with E-state index in [4.69, 9.17) is 14.7 Å². The third-order valence-electron chi connectivity index (χ3n) is 8.65. The van der Waals surface area contributed by atoms with E-state index in [0.29, 0.717) is 31.6 Å². The topological polar surface area (TPSA) is 141 Å². The first-order valence-electron chi connectivity index (χ1n) is 14.7. The molecule has 0 fully saturated rings. The molecule has 4 N–H and O–H groups in total. The molecule has 0 saturated carbocycles. The fourth-order valence-electron chi connectivity index (χ4n) is 6.06. The van der Waals surface area contributed by atoms with Crippen molar-refractivity contribution in [2.75, 3.05) is 13.7 Å². The summed E-state index contributed by atoms with van der Waals surface area (Å²) in [5.41, 5.74) is 14.1. The van der Waals surface area contributed by atoms with E-state index in [9.17, 15) is 19.8 Å². The van der Waals surface area contributed by atoms with Crippen LogP contribution in [0.5, 0.6) is 0 Å². The summed E-state index contributed by atoms with van der Waals surface area (Å²) in [5.74, 6) is -1.76. The molecule has 5 heterocycles. The number of carbonyl (C=O) groups is 2. The lowest BCUT2D eigenvalue weighted by Gasteiger charge is -2.04. The van der Waals surface area contributed by atoms with E-state index in [1.54, 1.807) is 7.11 Å². The van der Waals surface area contributed by atoms with Crippen LogP contribution in [0.1, 0.15) is 84.6 Å². The van der Waals surface area contributed by atoms with Gasteiger partial charge in [-0.1, -0.05) is 12.7 Å². The minimum Gasteiger partial charge on any atom is -0.481 e. The van der Waals surface area contributed by atoms with Crippen molar-refractivity contribution in [1.29, 1.82) is 0 Å². The second kappa shape index (κ2) is 12.5. The van der Waals surface area contributed by atoms with Crippen LogP contribution in [0.25, 0.3) is 50.4 Å². The molecule has 0 aromatic carbocycles. The van der Waals surface area contributed by atoms with E-state index in [1.165, 1.54) is 0 Å². The average molecular weight is 595 g/mol. The smallest absolute Gasteiger partial charge is 0.303 e. The summed E-state index contributed by atoms with van der Waals surface area (Å²) in [4.78, 5) is 40.3. The van der Waals surface area contributed by atoms with Crippen LogP contribution in [0.2, 0.25) is 0 Å². The molecular weight excluding hydrogens is 556 g/mol. The van der Waals surface area contributed by atoms with Gasteiger partial charge in [0.2, 0.25) is 0 Å². The maximum absolute atomic E-state index is 11.6. The number of methoxy groups -OCH3 is 1. The van der Waals surface area contributed by atoms with Crippen LogP contribution >= 0.6 is 0 Å². The van der Waals surface area contributed by atoms with Crippen molar-refractivity contribution in [3.8, 4) is 0 Å². The van der Waals surface area contributed by atoms with Crippen molar-refractivity contribution < 1.29 is 24.5 Å². The minimum absolute atomic E-state index is 0.0209. The number of nitrogens with one attached hydrogen (secondary N) is 2. The SMILES string of the molecule is C=Cc1c(C)c2cc3[nH]c(cc4nc(cc5nc(cc1[nH]2)C(C)=C5CCOC)C(C)=C4CCC(=O)O)c(CCC(=O)O)c3C. The van der Waals surface area contributed by atoms with Crippen LogP contribution in [0.4, 0.5) is 0 Å². The highest BCUT2D eigenvalue weighted by atomic mass is 16.5. The lowest BCUT2D eigenvalue weighted by molar-refractivity contribution is -0.137. The van der Waals surface area contributed by atoms with Gasteiger partial charge in [-0.05, 0) is 110 Å². The number of aliphatic carboxylic acids is 2. The normalized spacial score (nSPS) is 13.1. The molecule has 2 aliphatic heterocycles. The van der Waals surface area contributed by atoms with Gasteiger partial charge in [-0.25, -0.2) is 9.97 Å². The number of aromatic nitrogens is 4. The number of aryl methyl sites for hydroxylation is 3. The number of carboxylic acid groups (broad SMARTS) is 2. The largest absolute Gasteiger partial charge is 0.481 e. The van der Waals surface area contributed by atoms with E-state index < -0.39 is 11.9 Å². The van der Waals surface area contributed by atoms with Crippen molar-refractivity contribution >= 4 is 62.4 Å². The van der Waals surface area contributed by atoms with E-state index in [-0.39, 0.29) is 12.8 Å². The fourth-order valence-corrected chi connectivity index (χ4v) is 6.06. The molecule has 0 amide bonds. The molecule has 9 nitrogen and oxygen atoms in total. The van der Waals surface area contributed by atoms with E-state index in [2.05, 4.69) is 23.5 Å². The Bertz CT molecular complexity index is 1920. The molecule has 3 aromatic heterocycles. The summed E-state index contributed by atoms with van der Waals surface area (Å²) in [6, 6.07) is 7.98. The molecule has 0 aliphatic carbocycles. The van der Waals surface area contributed by atoms with Gasteiger partial charge in [0.15, 0.2) is 0 Å². The van der Waals surface area contributed by atoms with Gasteiger partial charge in [-0.15, -0.1) is 0 Å². The Morgan fingerprint density at radius 3 is 1.93 bits per heavy atom. The first-order chi connectivity index (χ1) is 21.0. The standard InChI is InChI=1S/C35H38N4O5/c1-7-22-18(2)26-14-27-19(3)23(8-10-34(40)41)32(37-27)17-33-24(9-11-35(42)43)20(4)29(39-33)16-31-25(12-13-44-6)21(5)28(38-31)15-30(22)36-26/h7,14-17,36-37H,1,8-13H2,2-6H3,(H,40,41)(H,42,43). The van der Waals surface area contributed by atoms with Gasteiger partial charge in [0, 0.05) is 47.6 Å². The van der Waals surface area contributed by atoms with Crippen molar-refractivity contribution in [2.24, 2.45) is 0 Å². The number of ether oxygens (including phenoxy) is 1. The van der Waals surface area contributed by atoms with Crippen LogP contribution < -0.4 is 0 Å². The van der Waals surface area contributed by atoms with E-state index in [1.807, 2.05) is 51.1 Å². The molecule has 5 rings (SSSR count). The zero-order valence-corrected chi connectivity index (χ0v) is 25.9. The second-order valence-corrected chi connectivity index (χ2v) is 11.3. The predicted octanol–water partition coefficient (Wildman–Crippen LogP) is 7.35. The maximum Gasteiger partial charge on any atom is 0.303 e. The highest BCUT2D eigenvalue weighted by Crippen LogP contribution is 2.37. The number of hydrogen-bond donors (Lipinski definition) is 4. The third kappa shape index (κ3) is 5.88. The van der Waals surface area contributed by atoms with Gasteiger partial charge in [0.05, 0.1) is 29.4 Å². The lowest BCUT2D eigenvalue weighted by atomic mass is 9.99. The predicted molar refractivity (Wildman–Crippen MR) is 175 cm³/mol. The molecular formula is C35H38N4O5. The molecule has 0 unspecified atom stereocenters. The van der Waals surface area contributed by atoms with Gasteiger partial charge in [-0.2, -0.15) is 0 Å². The summed E-state index contributed by atoms with van der Waals surface area (Å²) < 4.78 is 5.42. The Hall–Kier alpha value is -4.76. The molecule has 0 atom stereocenters. The summed E-state index contributed by atoms with van der Waals surface area (Å²) in [5, 5.41) is 19.0.